The van der Waals surface area contributed by atoms with Crippen molar-refractivity contribution < 1.29 is 14.6 Å². The maximum atomic E-state index is 11.1. The van der Waals surface area contributed by atoms with Crippen LogP contribution in [-0.4, -0.2) is 23.3 Å². The predicted octanol–water partition coefficient (Wildman–Crippen LogP) is 3.35. The van der Waals surface area contributed by atoms with Crippen LogP contribution in [0.3, 0.4) is 0 Å². The topological polar surface area (TPSA) is 46.5 Å². The molecule has 3 heteroatoms. The zero-order chi connectivity index (χ0) is 14.8. The van der Waals surface area contributed by atoms with Crippen LogP contribution in [0.1, 0.15) is 32.3 Å². The van der Waals surface area contributed by atoms with Crippen LogP contribution in [0.2, 0.25) is 0 Å². The lowest BCUT2D eigenvalue weighted by molar-refractivity contribution is -0.137. The average Bonchev–Trinajstić information content (AvgIpc) is 2.40. The van der Waals surface area contributed by atoms with Crippen molar-refractivity contribution in [2.45, 2.75) is 32.3 Å². The lowest BCUT2D eigenvalue weighted by Gasteiger charge is -2.19. The van der Waals surface area contributed by atoms with E-state index < -0.39 is 5.60 Å². The number of hydrogen-bond donors (Lipinski definition) is 1. The van der Waals surface area contributed by atoms with Gasteiger partial charge < -0.3 is 9.84 Å². The molecule has 0 amide bonds. The van der Waals surface area contributed by atoms with Crippen LogP contribution in [-0.2, 0) is 9.53 Å². The predicted molar refractivity (Wildman–Crippen MR) is 81.1 cm³/mol. The van der Waals surface area contributed by atoms with E-state index in [2.05, 4.69) is 0 Å². The lowest BCUT2D eigenvalue weighted by atomic mass is 9.97. The van der Waals surface area contributed by atoms with E-state index in [1.807, 2.05) is 42.5 Å². The minimum atomic E-state index is -0.867. The largest absolute Gasteiger partial charge is 0.463 e. The van der Waals surface area contributed by atoms with Gasteiger partial charge in [-0.05, 0) is 32.3 Å². The van der Waals surface area contributed by atoms with Crippen LogP contribution in [0.25, 0.3) is 6.08 Å². The molecule has 108 valence electrons. The van der Waals surface area contributed by atoms with Gasteiger partial charge in [-0.25, -0.2) is 4.79 Å². The fraction of sp³-hybridized carbons (Fsp3) is 0.353. The monoisotopic (exact) mass is 274 g/mol. The molecular formula is C17H22O3. The molecular weight excluding hydrogens is 252 g/mol. The van der Waals surface area contributed by atoms with Crippen molar-refractivity contribution in [1.29, 1.82) is 0 Å². The number of aliphatic hydroxyl groups is 1. The van der Waals surface area contributed by atoms with Gasteiger partial charge in [-0.1, -0.05) is 48.6 Å². The number of ether oxygens (including phenoxy) is 1. The highest BCUT2D eigenvalue weighted by atomic mass is 16.5. The first kappa shape index (κ1) is 16.2. The van der Waals surface area contributed by atoms with Gasteiger partial charge >= 0.3 is 5.97 Å². The molecule has 1 atom stereocenters. The van der Waals surface area contributed by atoms with Crippen LogP contribution in [0.5, 0.6) is 0 Å². The summed E-state index contributed by atoms with van der Waals surface area (Å²) >= 11 is 0. The summed E-state index contributed by atoms with van der Waals surface area (Å²) in [5.41, 5.74) is 0.235. The van der Waals surface area contributed by atoms with Crippen molar-refractivity contribution in [3.05, 3.63) is 54.1 Å². The summed E-state index contributed by atoms with van der Waals surface area (Å²) in [6.45, 7) is 3.87. The zero-order valence-electron chi connectivity index (χ0n) is 12.1. The standard InChI is InChI=1S/C17H22O3/c1-3-20-16(18)12-8-14-17(2,19)13-7-11-15-9-5-4-6-10-15/h4-12,19H,3,13-14H2,1-2H3/b11-7+,12-8-/t17-/m1/s1. The van der Waals surface area contributed by atoms with Crippen molar-refractivity contribution in [2.24, 2.45) is 0 Å². The van der Waals surface area contributed by atoms with E-state index in [0.29, 0.717) is 19.4 Å². The van der Waals surface area contributed by atoms with Gasteiger partial charge in [0.05, 0.1) is 12.2 Å². The average molecular weight is 274 g/mol. The molecule has 0 unspecified atom stereocenters. The Bertz CT molecular complexity index is 458. The fourth-order valence-corrected chi connectivity index (χ4v) is 1.70. The minimum Gasteiger partial charge on any atom is -0.463 e. The third-order valence-corrected chi connectivity index (χ3v) is 2.77. The Morgan fingerprint density at radius 1 is 1.25 bits per heavy atom. The number of benzene rings is 1. The molecule has 0 saturated carbocycles. The van der Waals surface area contributed by atoms with Crippen LogP contribution in [0.4, 0.5) is 0 Å². The first-order valence-electron chi connectivity index (χ1n) is 6.81. The number of carbonyl (C=O) groups is 1. The molecule has 0 aliphatic rings. The second-order valence-electron chi connectivity index (χ2n) is 4.87. The summed E-state index contributed by atoms with van der Waals surface area (Å²) < 4.78 is 4.77. The molecule has 1 rings (SSSR count). The summed E-state index contributed by atoms with van der Waals surface area (Å²) in [5, 5.41) is 10.2. The van der Waals surface area contributed by atoms with Gasteiger partial charge in [-0.3, -0.25) is 0 Å². The van der Waals surface area contributed by atoms with Crippen LogP contribution < -0.4 is 0 Å². The lowest BCUT2D eigenvalue weighted by Crippen LogP contribution is -2.21. The van der Waals surface area contributed by atoms with Gasteiger partial charge in [0, 0.05) is 6.08 Å². The van der Waals surface area contributed by atoms with Crippen molar-refractivity contribution >= 4 is 12.0 Å². The molecule has 0 radical (unpaired) electrons. The van der Waals surface area contributed by atoms with Crippen LogP contribution in [0, 0.1) is 0 Å². The third-order valence-electron chi connectivity index (χ3n) is 2.77. The fourth-order valence-electron chi connectivity index (χ4n) is 1.70. The van der Waals surface area contributed by atoms with Gasteiger partial charge in [-0.2, -0.15) is 0 Å². The molecule has 1 aromatic carbocycles. The summed E-state index contributed by atoms with van der Waals surface area (Å²) in [6, 6.07) is 9.92. The quantitative estimate of drug-likeness (QED) is 0.612. The second kappa shape index (κ2) is 8.33. The van der Waals surface area contributed by atoms with Crippen LogP contribution >= 0.6 is 0 Å². The number of esters is 1. The SMILES string of the molecule is CCOC(=O)/C=C\C[C@](C)(O)C/C=C/c1ccccc1. The molecule has 0 aliphatic heterocycles. The summed E-state index contributed by atoms with van der Waals surface area (Å²) in [4.78, 5) is 11.1. The number of hydrogen-bond acceptors (Lipinski definition) is 3. The Morgan fingerprint density at radius 2 is 1.90 bits per heavy atom. The Morgan fingerprint density at radius 3 is 2.55 bits per heavy atom. The molecule has 0 heterocycles. The minimum absolute atomic E-state index is 0.360. The molecule has 0 bridgehead atoms. The van der Waals surface area contributed by atoms with Gasteiger partial charge in [0.2, 0.25) is 0 Å². The van der Waals surface area contributed by atoms with E-state index in [9.17, 15) is 9.90 Å². The molecule has 1 N–H and O–H groups in total. The zero-order valence-corrected chi connectivity index (χ0v) is 12.1. The molecule has 20 heavy (non-hydrogen) atoms. The van der Waals surface area contributed by atoms with Gasteiger partial charge in [0.25, 0.3) is 0 Å². The Hall–Kier alpha value is -1.87. The first-order chi connectivity index (χ1) is 9.53. The van der Waals surface area contributed by atoms with E-state index in [-0.39, 0.29) is 5.97 Å². The van der Waals surface area contributed by atoms with Gasteiger partial charge in [0.15, 0.2) is 0 Å². The van der Waals surface area contributed by atoms with Crippen molar-refractivity contribution in [3.8, 4) is 0 Å². The van der Waals surface area contributed by atoms with E-state index in [4.69, 9.17) is 4.74 Å². The molecule has 0 aromatic heterocycles. The number of carbonyl (C=O) groups excluding carboxylic acids is 1. The normalized spacial score (nSPS) is 14.6. The smallest absolute Gasteiger partial charge is 0.330 e. The maximum absolute atomic E-state index is 11.1. The molecule has 1 aromatic rings. The van der Waals surface area contributed by atoms with E-state index in [0.717, 1.165) is 5.56 Å². The molecule has 3 nitrogen and oxygen atoms in total. The molecule has 0 fully saturated rings. The Balaban J connectivity index is 2.41. The van der Waals surface area contributed by atoms with E-state index in [1.165, 1.54) is 6.08 Å². The highest BCUT2D eigenvalue weighted by Gasteiger charge is 2.16. The van der Waals surface area contributed by atoms with Gasteiger partial charge in [0.1, 0.15) is 0 Å². The molecule has 0 aliphatic carbocycles. The maximum Gasteiger partial charge on any atom is 0.330 e. The summed E-state index contributed by atoms with van der Waals surface area (Å²) in [6.07, 6.45) is 7.85. The first-order valence-corrected chi connectivity index (χ1v) is 6.81. The molecule has 0 saturated heterocycles. The third kappa shape index (κ3) is 6.90. The van der Waals surface area contributed by atoms with E-state index >= 15 is 0 Å². The van der Waals surface area contributed by atoms with Crippen molar-refractivity contribution in [1.82, 2.24) is 0 Å². The van der Waals surface area contributed by atoms with Crippen LogP contribution in [0.15, 0.2) is 48.6 Å². The Kier molecular flexibility index (Phi) is 6.74. The highest BCUT2D eigenvalue weighted by molar-refractivity contribution is 5.81. The highest BCUT2D eigenvalue weighted by Crippen LogP contribution is 2.16. The molecule has 0 spiro atoms. The Labute approximate surface area is 120 Å². The van der Waals surface area contributed by atoms with Gasteiger partial charge in [-0.15, -0.1) is 0 Å². The summed E-state index contributed by atoms with van der Waals surface area (Å²) in [5.74, 6) is -0.372. The number of rotatable bonds is 7. The summed E-state index contributed by atoms with van der Waals surface area (Å²) in [7, 11) is 0. The van der Waals surface area contributed by atoms with Crippen molar-refractivity contribution in [3.63, 3.8) is 0 Å². The second-order valence-corrected chi connectivity index (χ2v) is 4.87. The van der Waals surface area contributed by atoms with E-state index in [1.54, 1.807) is 19.9 Å². The van der Waals surface area contributed by atoms with Crippen molar-refractivity contribution in [2.75, 3.05) is 6.61 Å².